The highest BCUT2D eigenvalue weighted by molar-refractivity contribution is 7.80. The van der Waals surface area contributed by atoms with Gasteiger partial charge in [0.25, 0.3) is 0 Å². The Labute approximate surface area is 112 Å². The molecule has 0 fully saturated rings. The van der Waals surface area contributed by atoms with Gasteiger partial charge in [-0.25, -0.2) is 0 Å². The Hall–Kier alpha value is -0.470. The summed E-state index contributed by atoms with van der Waals surface area (Å²) in [4.78, 5) is 2.48. The summed E-state index contributed by atoms with van der Waals surface area (Å²) in [6, 6.07) is 11.4. The minimum absolute atomic E-state index is 0.533. The molecule has 1 aromatic carbocycles. The molecule has 0 aliphatic heterocycles. The molecule has 1 unspecified atom stereocenters. The molecule has 0 heterocycles. The van der Waals surface area contributed by atoms with E-state index in [1.54, 1.807) is 0 Å². The molecule has 0 saturated heterocycles. The second-order valence-electron chi connectivity index (χ2n) is 4.70. The van der Waals surface area contributed by atoms with Crippen LogP contribution in [0.4, 0.5) is 0 Å². The van der Waals surface area contributed by atoms with Crippen molar-refractivity contribution in [3.05, 3.63) is 35.9 Å². The highest BCUT2D eigenvalue weighted by Gasteiger charge is 2.16. The van der Waals surface area contributed by atoms with Crippen LogP contribution in [0.25, 0.3) is 0 Å². The normalized spacial score (nSPS) is 13.3. The highest BCUT2D eigenvalue weighted by atomic mass is 32.1. The molecule has 1 atom stereocenters. The maximum absolute atomic E-state index is 4.50. The zero-order valence-electron chi connectivity index (χ0n) is 11.3. The van der Waals surface area contributed by atoms with Crippen molar-refractivity contribution in [1.29, 1.82) is 0 Å². The maximum Gasteiger partial charge on any atom is 0.00872 e. The largest absolute Gasteiger partial charge is 0.303 e. The Balaban J connectivity index is 2.64. The van der Waals surface area contributed by atoms with E-state index in [0.717, 1.165) is 12.3 Å². The standard InChI is InChI=1S/C15H25NS/c1-4-15(5-2)16(3)11-14(12-17)13-9-7-6-8-10-13/h6-10,14-15,17H,4-5,11-12H2,1-3H3. The lowest BCUT2D eigenvalue weighted by Gasteiger charge is -2.29. The number of nitrogens with zero attached hydrogens (tertiary/aromatic N) is 1. The number of rotatable bonds is 7. The third-order valence-electron chi connectivity index (χ3n) is 3.57. The molecular weight excluding hydrogens is 226 g/mol. The number of hydrogen-bond acceptors (Lipinski definition) is 2. The first-order chi connectivity index (χ1) is 8.22. The van der Waals surface area contributed by atoms with Gasteiger partial charge in [0.2, 0.25) is 0 Å². The Morgan fingerprint density at radius 2 is 1.71 bits per heavy atom. The first kappa shape index (κ1) is 14.6. The van der Waals surface area contributed by atoms with Crippen molar-refractivity contribution >= 4 is 12.6 Å². The summed E-state index contributed by atoms with van der Waals surface area (Å²) in [6.07, 6.45) is 2.45. The van der Waals surface area contributed by atoms with Crippen molar-refractivity contribution in [2.24, 2.45) is 0 Å². The van der Waals surface area contributed by atoms with E-state index in [4.69, 9.17) is 0 Å². The Kier molecular flexibility index (Phi) is 6.68. The van der Waals surface area contributed by atoms with Gasteiger partial charge in [-0.15, -0.1) is 0 Å². The number of benzene rings is 1. The summed E-state index contributed by atoms with van der Waals surface area (Å²) in [5, 5.41) is 0. The molecule has 0 aromatic heterocycles. The quantitative estimate of drug-likeness (QED) is 0.721. The van der Waals surface area contributed by atoms with Crippen molar-refractivity contribution in [3.63, 3.8) is 0 Å². The molecule has 0 bridgehead atoms. The van der Waals surface area contributed by atoms with E-state index in [1.165, 1.54) is 18.4 Å². The molecular formula is C15H25NS. The van der Waals surface area contributed by atoms with Gasteiger partial charge < -0.3 is 4.90 Å². The van der Waals surface area contributed by atoms with Crippen LogP contribution in [0.3, 0.4) is 0 Å². The molecule has 0 radical (unpaired) electrons. The number of likely N-dealkylation sites (N-methyl/N-ethyl adjacent to an activating group) is 1. The van der Waals surface area contributed by atoms with Crippen molar-refractivity contribution < 1.29 is 0 Å². The lowest BCUT2D eigenvalue weighted by Crippen LogP contribution is -2.34. The molecule has 1 nitrogen and oxygen atoms in total. The van der Waals surface area contributed by atoms with Crippen molar-refractivity contribution in [2.75, 3.05) is 19.3 Å². The van der Waals surface area contributed by atoms with Gasteiger partial charge in [-0.05, 0) is 31.2 Å². The predicted molar refractivity (Wildman–Crippen MR) is 80.0 cm³/mol. The van der Waals surface area contributed by atoms with Gasteiger partial charge >= 0.3 is 0 Å². The minimum Gasteiger partial charge on any atom is -0.303 e. The van der Waals surface area contributed by atoms with E-state index in [1.807, 2.05) is 0 Å². The molecule has 0 aliphatic rings. The van der Waals surface area contributed by atoms with Crippen LogP contribution in [0.1, 0.15) is 38.2 Å². The van der Waals surface area contributed by atoms with E-state index in [9.17, 15) is 0 Å². The van der Waals surface area contributed by atoms with Gasteiger partial charge in [0.15, 0.2) is 0 Å². The minimum atomic E-state index is 0.533. The van der Waals surface area contributed by atoms with Gasteiger partial charge in [0, 0.05) is 18.5 Å². The lowest BCUT2D eigenvalue weighted by molar-refractivity contribution is 0.220. The van der Waals surface area contributed by atoms with Crippen molar-refractivity contribution in [1.82, 2.24) is 4.90 Å². The molecule has 96 valence electrons. The molecule has 0 saturated carbocycles. The van der Waals surface area contributed by atoms with Gasteiger partial charge in [-0.3, -0.25) is 0 Å². The molecule has 1 aromatic rings. The summed E-state index contributed by atoms with van der Waals surface area (Å²) in [5.41, 5.74) is 1.40. The predicted octanol–water partition coefficient (Wildman–Crippen LogP) is 3.82. The number of thiol groups is 1. The molecule has 1 rings (SSSR count). The third kappa shape index (κ3) is 4.36. The summed E-state index contributed by atoms with van der Waals surface area (Å²) < 4.78 is 0. The summed E-state index contributed by atoms with van der Waals surface area (Å²) in [7, 11) is 2.23. The topological polar surface area (TPSA) is 3.24 Å². The average molecular weight is 251 g/mol. The Bertz CT molecular complexity index is 295. The third-order valence-corrected chi connectivity index (χ3v) is 4.01. The van der Waals surface area contributed by atoms with Gasteiger partial charge in [-0.1, -0.05) is 44.2 Å². The van der Waals surface area contributed by atoms with Gasteiger partial charge in [0.05, 0.1) is 0 Å². The van der Waals surface area contributed by atoms with Crippen LogP contribution in [-0.2, 0) is 0 Å². The van der Waals surface area contributed by atoms with Crippen LogP contribution in [0, 0.1) is 0 Å². The zero-order valence-corrected chi connectivity index (χ0v) is 12.2. The van der Waals surface area contributed by atoms with E-state index in [2.05, 4.69) is 68.8 Å². The van der Waals surface area contributed by atoms with Crippen molar-refractivity contribution in [3.8, 4) is 0 Å². The second-order valence-corrected chi connectivity index (χ2v) is 5.07. The lowest BCUT2D eigenvalue weighted by atomic mass is 9.99. The van der Waals surface area contributed by atoms with Crippen LogP contribution >= 0.6 is 12.6 Å². The first-order valence-corrected chi connectivity index (χ1v) is 7.22. The molecule has 0 amide bonds. The van der Waals surface area contributed by atoms with E-state index in [0.29, 0.717) is 12.0 Å². The fourth-order valence-corrected chi connectivity index (χ4v) is 2.73. The molecule has 17 heavy (non-hydrogen) atoms. The Morgan fingerprint density at radius 1 is 1.12 bits per heavy atom. The summed E-state index contributed by atoms with van der Waals surface area (Å²) in [5.74, 6) is 1.44. The van der Waals surface area contributed by atoms with Crippen LogP contribution in [0.5, 0.6) is 0 Å². The van der Waals surface area contributed by atoms with Gasteiger partial charge in [0.1, 0.15) is 0 Å². The highest BCUT2D eigenvalue weighted by Crippen LogP contribution is 2.20. The summed E-state index contributed by atoms with van der Waals surface area (Å²) >= 11 is 4.50. The Morgan fingerprint density at radius 3 is 2.18 bits per heavy atom. The number of hydrogen-bond donors (Lipinski definition) is 1. The second kappa shape index (κ2) is 7.78. The van der Waals surface area contributed by atoms with Crippen LogP contribution in [0.15, 0.2) is 30.3 Å². The zero-order chi connectivity index (χ0) is 12.7. The average Bonchev–Trinajstić information content (AvgIpc) is 2.38. The molecule has 2 heteroatoms. The molecule has 0 spiro atoms. The van der Waals surface area contributed by atoms with E-state index in [-0.39, 0.29) is 0 Å². The van der Waals surface area contributed by atoms with Crippen LogP contribution in [0.2, 0.25) is 0 Å². The van der Waals surface area contributed by atoms with E-state index < -0.39 is 0 Å². The van der Waals surface area contributed by atoms with Crippen molar-refractivity contribution in [2.45, 2.75) is 38.6 Å². The first-order valence-electron chi connectivity index (χ1n) is 6.58. The monoisotopic (exact) mass is 251 g/mol. The fraction of sp³-hybridized carbons (Fsp3) is 0.600. The van der Waals surface area contributed by atoms with Crippen LogP contribution < -0.4 is 0 Å². The maximum atomic E-state index is 4.50. The summed E-state index contributed by atoms with van der Waals surface area (Å²) in [6.45, 7) is 5.63. The SMILES string of the molecule is CCC(CC)N(C)CC(CS)c1ccccc1. The fourth-order valence-electron chi connectivity index (χ4n) is 2.40. The molecule has 0 aliphatic carbocycles. The smallest absolute Gasteiger partial charge is 0.00872 e. The van der Waals surface area contributed by atoms with E-state index >= 15 is 0 Å². The van der Waals surface area contributed by atoms with Crippen LogP contribution in [-0.4, -0.2) is 30.3 Å². The van der Waals surface area contributed by atoms with Gasteiger partial charge in [-0.2, -0.15) is 12.6 Å². The molecule has 0 N–H and O–H groups in total.